The first-order valence-electron chi connectivity index (χ1n) is 8.53. The summed E-state index contributed by atoms with van der Waals surface area (Å²) in [5.41, 5.74) is -1.59. The maximum Gasteiger partial charge on any atom is 0.311 e. The van der Waals surface area contributed by atoms with E-state index in [2.05, 4.69) is 5.32 Å². The number of carboxylic acids is 1. The van der Waals surface area contributed by atoms with Crippen LogP contribution < -0.4 is 14.8 Å². The van der Waals surface area contributed by atoms with Crippen LogP contribution in [0.15, 0.2) is 12.1 Å². The maximum absolute atomic E-state index is 12.6. The number of nitro benzene ring substituents is 1. The molecule has 0 spiro atoms. The van der Waals surface area contributed by atoms with E-state index in [0.717, 1.165) is 25.3 Å². The molecule has 2 aliphatic rings. The molecule has 1 aliphatic carbocycles. The molecule has 1 fully saturated rings. The van der Waals surface area contributed by atoms with Crippen molar-refractivity contribution >= 4 is 17.6 Å². The average Bonchev–Trinajstić information content (AvgIpc) is 2.65. The van der Waals surface area contributed by atoms with Gasteiger partial charge >= 0.3 is 5.97 Å². The van der Waals surface area contributed by atoms with Crippen LogP contribution in [0.5, 0.6) is 11.5 Å². The first-order chi connectivity index (χ1) is 12.4. The Morgan fingerprint density at radius 3 is 2.35 bits per heavy atom. The summed E-state index contributed by atoms with van der Waals surface area (Å²) in [7, 11) is 0. The minimum atomic E-state index is -1.02. The number of carboxylic acid groups (broad SMARTS) is 1. The van der Waals surface area contributed by atoms with Crippen molar-refractivity contribution in [2.24, 2.45) is 5.41 Å². The molecule has 0 saturated heterocycles. The molecule has 26 heavy (non-hydrogen) atoms. The van der Waals surface area contributed by atoms with E-state index in [1.165, 1.54) is 6.07 Å². The lowest BCUT2D eigenvalue weighted by Gasteiger charge is -2.33. The quantitative estimate of drug-likeness (QED) is 0.605. The molecule has 0 radical (unpaired) electrons. The van der Waals surface area contributed by atoms with E-state index < -0.39 is 27.9 Å². The highest BCUT2D eigenvalue weighted by atomic mass is 16.6. The van der Waals surface area contributed by atoms with Crippen molar-refractivity contribution < 1.29 is 29.1 Å². The molecule has 9 heteroatoms. The molecule has 3 rings (SSSR count). The number of ether oxygens (including phenoxy) is 2. The summed E-state index contributed by atoms with van der Waals surface area (Å²) in [6.45, 7) is 0.498. The lowest BCUT2D eigenvalue weighted by Crippen LogP contribution is -2.44. The molecule has 140 valence electrons. The number of benzene rings is 1. The van der Waals surface area contributed by atoms with Gasteiger partial charge in [-0.15, -0.1) is 0 Å². The van der Waals surface area contributed by atoms with Gasteiger partial charge < -0.3 is 19.9 Å². The highest BCUT2D eigenvalue weighted by molar-refractivity contribution is 5.99. The molecule has 1 heterocycles. The molecule has 1 aromatic rings. The van der Waals surface area contributed by atoms with Crippen molar-refractivity contribution in [3.8, 4) is 11.5 Å². The molecular weight excluding hydrogens is 344 g/mol. The molecule has 9 nitrogen and oxygen atoms in total. The van der Waals surface area contributed by atoms with Crippen LogP contribution >= 0.6 is 0 Å². The fourth-order valence-electron chi connectivity index (χ4n) is 3.45. The minimum Gasteiger partial charge on any atom is -0.486 e. The van der Waals surface area contributed by atoms with E-state index in [9.17, 15) is 24.8 Å². The zero-order valence-electron chi connectivity index (χ0n) is 14.2. The number of nitrogens with one attached hydrogen (secondary N) is 1. The molecule has 2 N–H and O–H groups in total. The van der Waals surface area contributed by atoms with Gasteiger partial charge in [0.15, 0.2) is 11.5 Å². The zero-order chi connectivity index (χ0) is 18.7. The molecular formula is C17H20N2O7. The predicted molar refractivity (Wildman–Crippen MR) is 89.6 cm³/mol. The van der Waals surface area contributed by atoms with E-state index in [1.807, 2.05) is 0 Å². The average molecular weight is 364 g/mol. The molecule has 1 saturated carbocycles. The van der Waals surface area contributed by atoms with Gasteiger partial charge in [0.05, 0.1) is 16.4 Å². The zero-order valence-corrected chi connectivity index (χ0v) is 14.2. The van der Waals surface area contributed by atoms with E-state index in [4.69, 9.17) is 9.47 Å². The largest absolute Gasteiger partial charge is 0.486 e. The molecule has 0 unspecified atom stereocenters. The Kier molecular flexibility index (Phi) is 4.97. The van der Waals surface area contributed by atoms with Gasteiger partial charge in [0.1, 0.15) is 18.8 Å². The van der Waals surface area contributed by atoms with Crippen LogP contribution in [0.25, 0.3) is 0 Å². The third-order valence-corrected chi connectivity index (χ3v) is 4.95. The van der Waals surface area contributed by atoms with E-state index >= 15 is 0 Å². The van der Waals surface area contributed by atoms with Gasteiger partial charge in [0, 0.05) is 12.6 Å². The summed E-state index contributed by atoms with van der Waals surface area (Å²) in [5, 5.41) is 23.5. The van der Waals surface area contributed by atoms with Crippen molar-refractivity contribution in [2.75, 3.05) is 19.8 Å². The monoisotopic (exact) mass is 364 g/mol. The van der Waals surface area contributed by atoms with E-state index in [1.54, 1.807) is 0 Å². The summed E-state index contributed by atoms with van der Waals surface area (Å²) >= 11 is 0. The molecule has 1 aliphatic heterocycles. The summed E-state index contributed by atoms with van der Waals surface area (Å²) < 4.78 is 10.7. The number of nitro groups is 1. The third-order valence-electron chi connectivity index (χ3n) is 4.95. The van der Waals surface area contributed by atoms with Gasteiger partial charge in [0.25, 0.3) is 11.6 Å². The van der Waals surface area contributed by atoms with Crippen molar-refractivity contribution in [3.63, 3.8) is 0 Å². The fraction of sp³-hybridized carbons (Fsp3) is 0.529. The number of aliphatic carboxylic acids is 1. The van der Waals surface area contributed by atoms with Crippen LogP contribution in [-0.2, 0) is 4.79 Å². The number of carbonyl (C=O) groups excluding carboxylic acids is 1. The Labute approximate surface area is 149 Å². The molecule has 0 aromatic heterocycles. The van der Waals surface area contributed by atoms with Crippen molar-refractivity contribution in [2.45, 2.75) is 32.1 Å². The van der Waals surface area contributed by atoms with Crippen LogP contribution in [0.3, 0.4) is 0 Å². The van der Waals surface area contributed by atoms with Crippen LogP contribution in [0.1, 0.15) is 42.5 Å². The first kappa shape index (κ1) is 18.0. The van der Waals surface area contributed by atoms with Crippen LogP contribution in [0, 0.1) is 15.5 Å². The van der Waals surface area contributed by atoms with Gasteiger partial charge in [-0.05, 0) is 12.8 Å². The number of fused-ring (bicyclic) bond motifs is 1. The van der Waals surface area contributed by atoms with E-state index in [-0.39, 0.29) is 36.8 Å². The Morgan fingerprint density at radius 1 is 1.15 bits per heavy atom. The first-order valence-corrected chi connectivity index (χ1v) is 8.53. The smallest absolute Gasteiger partial charge is 0.311 e. The van der Waals surface area contributed by atoms with E-state index in [0.29, 0.717) is 12.8 Å². The summed E-state index contributed by atoms with van der Waals surface area (Å²) in [5.74, 6) is -1.17. The fourth-order valence-corrected chi connectivity index (χ4v) is 3.45. The summed E-state index contributed by atoms with van der Waals surface area (Å²) in [4.78, 5) is 34.9. The van der Waals surface area contributed by atoms with Gasteiger partial charge in [0.2, 0.25) is 0 Å². The Hall–Kier alpha value is -2.84. The Bertz CT molecular complexity index is 741. The standard InChI is InChI=1S/C17H20N2O7/c20-15(18-10-17(16(21)22)4-2-1-3-5-17)11-8-13-14(26-7-6-25-13)9-12(11)19(23)24/h8-9H,1-7,10H2,(H,18,20)(H,21,22). The highest BCUT2D eigenvalue weighted by Crippen LogP contribution is 2.38. The SMILES string of the molecule is O=C(NCC1(C(=O)O)CCCCC1)c1cc2c(cc1[N+](=O)[O-])OCCO2. The highest BCUT2D eigenvalue weighted by Gasteiger charge is 2.40. The number of hydrogen-bond donors (Lipinski definition) is 2. The molecule has 1 aromatic carbocycles. The second kappa shape index (κ2) is 7.19. The Balaban J connectivity index is 1.82. The van der Waals surface area contributed by atoms with Gasteiger partial charge in [-0.1, -0.05) is 19.3 Å². The second-order valence-corrected chi connectivity index (χ2v) is 6.60. The topological polar surface area (TPSA) is 128 Å². The van der Waals surface area contributed by atoms with Crippen molar-refractivity contribution in [1.29, 1.82) is 0 Å². The number of hydrogen-bond acceptors (Lipinski definition) is 6. The predicted octanol–water partition coefficient (Wildman–Crippen LogP) is 2.13. The molecule has 0 atom stereocenters. The number of amides is 1. The molecule has 0 bridgehead atoms. The lowest BCUT2D eigenvalue weighted by atomic mass is 9.74. The summed E-state index contributed by atoms with van der Waals surface area (Å²) in [6, 6.07) is 2.44. The normalized spacial score (nSPS) is 18.0. The van der Waals surface area contributed by atoms with Crippen LogP contribution in [0.2, 0.25) is 0 Å². The van der Waals surface area contributed by atoms with Gasteiger partial charge in [-0.25, -0.2) is 0 Å². The Morgan fingerprint density at radius 2 is 1.77 bits per heavy atom. The second-order valence-electron chi connectivity index (χ2n) is 6.60. The van der Waals surface area contributed by atoms with Crippen LogP contribution in [-0.4, -0.2) is 41.7 Å². The third kappa shape index (κ3) is 3.42. The van der Waals surface area contributed by atoms with Gasteiger partial charge in [-0.2, -0.15) is 0 Å². The lowest BCUT2D eigenvalue weighted by molar-refractivity contribution is -0.385. The maximum atomic E-state index is 12.6. The molecule has 1 amide bonds. The summed E-state index contributed by atoms with van der Waals surface area (Å²) in [6.07, 6.45) is 3.49. The minimum absolute atomic E-state index is 0.0627. The van der Waals surface area contributed by atoms with Gasteiger partial charge in [-0.3, -0.25) is 19.7 Å². The number of nitrogens with zero attached hydrogens (tertiary/aromatic N) is 1. The number of rotatable bonds is 5. The van der Waals surface area contributed by atoms with Crippen molar-refractivity contribution in [3.05, 3.63) is 27.8 Å². The van der Waals surface area contributed by atoms with Crippen LogP contribution in [0.4, 0.5) is 5.69 Å². The number of carbonyl (C=O) groups is 2. The van der Waals surface area contributed by atoms with Crippen molar-refractivity contribution in [1.82, 2.24) is 5.32 Å².